The molecular formula is C40H56O12. The van der Waals surface area contributed by atoms with Gasteiger partial charge in [0, 0.05) is 24.3 Å². The normalized spacial score (nSPS) is 18.4. The smallest absolute Gasteiger partial charge is 0.204 e. The lowest BCUT2D eigenvalue weighted by atomic mass is 9.82. The van der Waals surface area contributed by atoms with Crippen LogP contribution in [-0.2, 0) is 18.9 Å². The maximum atomic E-state index is 14.8. The lowest BCUT2D eigenvalue weighted by molar-refractivity contribution is -0.165. The van der Waals surface area contributed by atoms with Gasteiger partial charge >= 0.3 is 0 Å². The van der Waals surface area contributed by atoms with Gasteiger partial charge < -0.3 is 47.4 Å². The third-order valence-electron chi connectivity index (χ3n) is 8.71. The fourth-order valence-electron chi connectivity index (χ4n) is 6.24. The van der Waals surface area contributed by atoms with Crippen LogP contribution in [0.15, 0.2) is 12.1 Å². The molecule has 2 unspecified atom stereocenters. The lowest BCUT2D eigenvalue weighted by Gasteiger charge is -2.28. The summed E-state index contributed by atoms with van der Waals surface area (Å²) in [7, 11) is 0. The number of benzene rings is 2. The van der Waals surface area contributed by atoms with E-state index < -0.39 is 11.6 Å². The molecule has 3 aliphatic rings. The molecule has 2 fully saturated rings. The van der Waals surface area contributed by atoms with Gasteiger partial charge in [-0.1, -0.05) is 27.7 Å². The zero-order valence-corrected chi connectivity index (χ0v) is 31.4. The van der Waals surface area contributed by atoms with E-state index in [0.29, 0.717) is 64.0 Å². The van der Waals surface area contributed by atoms with Gasteiger partial charge in [-0.15, -0.1) is 0 Å². The standard InChI is InChI=1S/C40H56O12/c1-5-15-43-29-25-27-33(39(37(29)49-17-7-3)51-23-21-47-31-13-9-11-19-45-31)36(42)28-26-30(44-16-6-2)38(50-18-8-4)40(34(28)35(27)41)52-24-22-48-32-14-10-12-20-46-32/h25-26,31-32H,5-24H2,1-4H3. The highest BCUT2D eigenvalue weighted by molar-refractivity contribution is 6.31. The number of carbonyl (C=O) groups is 2. The molecule has 0 N–H and O–H groups in total. The number of carbonyl (C=O) groups excluding carboxylic acids is 2. The first-order valence-corrected chi connectivity index (χ1v) is 19.3. The van der Waals surface area contributed by atoms with Crippen molar-refractivity contribution in [3.05, 3.63) is 34.4 Å². The summed E-state index contributed by atoms with van der Waals surface area (Å²) >= 11 is 0. The molecule has 1 aliphatic carbocycles. The van der Waals surface area contributed by atoms with Crippen molar-refractivity contribution >= 4 is 11.6 Å². The molecule has 52 heavy (non-hydrogen) atoms. The Balaban J connectivity index is 1.56. The minimum Gasteiger partial charge on any atom is -0.490 e. The molecule has 288 valence electrons. The molecule has 5 rings (SSSR count). The number of hydrogen-bond acceptors (Lipinski definition) is 12. The summed E-state index contributed by atoms with van der Waals surface area (Å²) in [5.41, 5.74) is 0.432. The van der Waals surface area contributed by atoms with Crippen LogP contribution >= 0.6 is 0 Å². The molecule has 2 aliphatic heterocycles. The monoisotopic (exact) mass is 728 g/mol. The number of ketones is 2. The van der Waals surface area contributed by atoms with Gasteiger partial charge in [-0.05, 0) is 76.3 Å². The Bertz CT molecular complexity index is 1350. The quantitative estimate of drug-likeness (QED) is 0.0954. The van der Waals surface area contributed by atoms with Gasteiger partial charge in [0.2, 0.25) is 11.5 Å². The first-order chi connectivity index (χ1) is 25.5. The van der Waals surface area contributed by atoms with Gasteiger partial charge in [0.05, 0.1) is 50.8 Å². The van der Waals surface area contributed by atoms with Crippen LogP contribution in [0.2, 0.25) is 0 Å². The van der Waals surface area contributed by atoms with Crippen molar-refractivity contribution in [1.29, 1.82) is 0 Å². The Morgan fingerprint density at radius 3 is 1.25 bits per heavy atom. The number of hydrogen-bond donors (Lipinski definition) is 0. The maximum Gasteiger partial charge on any atom is 0.204 e. The van der Waals surface area contributed by atoms with E-state index in [0.717, 1.165) is 51.4 Å². The van der Waals surface area contributed by atoms with Crippen LogP contribution in [-0.4, -0.2) is 90.2 Å². The Labute approximate surface area is 307 Å². The molecule has 0 bridgehead atoms. The summed E-state index contributed by atoms with van der Waals surface area (Å²) < 4.78 is 60.7. The van der Waals surface area contributed by atoms with E-state index in [1.54, 1.807) is 12.1 Å². The second-order valence-corrected chi connectivity index (χ2v) is 13.0. The van der Waals surface area contributed by atoms with Gasteiger partial charge in [0.15, 0.2) is 47.1 Å². The average molecular weight is 729 g/mol. The van der Waals surface area contributed by atoms with E-state index in [4.69, 9.17) is 47.4 Å². The minimum absolute atomic E-state index is 0.0913. The predicted molar refractivity (Wildman–Crippen MR) is 193 cm³/mol. The first kappa shape index (κ1) is 39.6. The second kappa shape index (κ2) is 20.6. The molecule has 2 atom stereocenters. The largest absolute Gasteiger partial charge is 0.490 e. The molecule has 12 heteroatoms. The van der Waals surface area contributed by atoms with E-state index in [1.165, 1.54) is 0 Å². The number of fused-ring (bicyclic) bond motifs is 2. The van der Waals surface area contributed by atoms with Crippen molar-refractivity contribution in [3.8, 4) is 34.5 Å². The number of rotatable bonds is 22. The molecule has 12 nitrogen and oxygen atoms in total. The summed E-state index contributed by atoms with van der Waals surface area (Å²) in [4.78, 5) is 29.5. The maximum absolute atomic E-state index is 14.8. The highest BCUT2D eigenvalue weighted by Crippen LogP contribution is 2.51. The van der Waals surface area contributed by atoms with Crippen molar-refractivity contribution in [2.45, 2.75) is 104 Å². The Morgan fingerprint density at radius 2 is 0.885 bits per heavy atom. The third-order valence-corrected chi connectivity index (χ3v) is 8.71. The molecular weight excluding hydrogens is 672 g/mol. The molecule has 0 amide bonds. The van der Waals surface area contributed by atoms with Gasteiger partial charge in [-0.3, -0.25) is 9.59 Å². The van der Waals surface area contributed by atoms with Crippen LogP contribution in [0, 0.1) is 0 Å². The van der Waals surface area contributed by atoms with Gasteiger partial charge in [-0.2, -0.15) is 0 Å². The summed E-state index contributed by atoms with van der Waals surface area (Å²) in [6.45, 7) is 11.3. The summed E-state index contributed by atoms with van der Waals surface area (Å²) in [5.74, 6) is 0.602. The third kappa shape index (κ3) is 9.89. The number of ether oxygens (including phenoxy) is 10. The zero-order valence-electron chi connectivity index (χ0n) is 31.4. The highest BCUT2D eigenvalue weighted by Gasteiger charge is 2.41. The van der Waals surface area contributed by atoms with Gasteiger partial charge in [0.25, 0.3) is 0 Å². The zero-order chi connectivity index (χ0) is 36.7. The minimum atomic E-state index is -0.431. The van der Waals surface area contributed by atoms with Crippen molar-refractivity contribution in [3.63, 3.8) is 0 Å². The fraction of sp³-hybridized carbons (Fsp3) is 0.650. The van der Waals surface area contributed by atoms with Crippen molar-refractivity contribution < 1.29 is 57.0 Å². The van der Waals surface area contributed by atoms with Crippen LogP contribution in [0.3, 0.4) is 0 Å². The highest BCUT2D eigenvalue weighted by atomic mass is 16.7. The van der Waals surface area contributed by atoms with Crippen LogP contribution in [0.5, 0.6) is 34.5 Å². The predicted octanol–water partition coefficient (Wildman–Crippen LogP) is 7.46. The van der Waals surface area contributed by atoms with Gasteiger partial charge in [-0.25, -0.2) is 0 Å². The van der Waals surface area contributed by atoms with E-state index in [1.807, 2.05) is 27.7 Å². The van der Waals surface area contributed by atoms with E-state index in [2.05, 4.69) is 0 Å². The molecule has 2 heterocycles. The van der Waals surface area contributed by atoms with Crippen molar-refractivity contribution in [2.24, 2.45) is 0 Å². The fourth-order valence-corrected chi connectivity index (χ4v) is 6.24. The van der Waals surface area contributed by atoms with E-state index in [9.17, 15) is 9.59 Å². The lowest BCUT2D eigenvalue weighted by Crippen LogP contribution is -2.27. The van der Waals surface area contributed by atoms with Crippen LogP contribution < -0.4 is 28.4 Å². The van der Waals surface area contributed by atoms with Crippen LogP contribution in [0.1, 0.15) is 124 Å². The van der Waals surface area contributed by atoms with Crippen molar-refractivity contribution in [2.75, 3.05) is 66.1 Å². The summed E-state index contributed by atoms with van der Waals surface area (Å²) in [6.07, 6.45) is 7.94. The molecule has 2 saturated heterocycles. The van der Waals surface area contributed by atoms with E-state index in [-0.39, 0.29) is 84.3 Å². The molecule has 0 aromatic heterocycles. The Kier molecular flexibility index (Phi) is 15.7. The second-order valence-electron chi connectivity index (χ2n) is 13.0. The average Bonchev–Trinajstić information content (AvgIpc) is 3.17. The van der Waals surface area contributed by atoms with Crippen molar-refractivity contribution in [1.82, 2.24) is 0 Å². The first-order valence-electron chi connectivity index (χ1n) is 19.3. The molecule has 0 spiro atoms. The summed E-state index contributed by atoms with van der Waals surface area (Å²) in [6, 6.07) is 3.17. The topological polar surface area (TPSA) is 126 Å². The van der Waals surface area contributed by atoms with E-state index >= 15 is 0 Å². The molecule has 0 radical (unpaired) electrons. The Morgan fingerprint density at radius 1 is 0.500 bits per heavy atom. The molecule has 0 saturated carbocycles. The van der Waals surface area contributed by atoms with Crippen LogP contribution in [0.4, 0.5) is 0 Å². The van der Waals surface area contributed by atoms with Crippen LogP contribution in [0.25, 0.3) is 0 Å². The van der Waals surface area contributed by atoms with Gasteiger partial charge in [0.1, 0.15) is 13.2 Å². The molecule has 2 aromatic rings. The molecule has 2 aromatic carbocycles. The summed E-state index contributed by atoms with van der Waals surface area (Å²) in [5, 5.41) is 0. The Hall–Kier alpha value is -3.58. The SMILES string of the molecule is CCCOc1cc2c(c(OCCOC3CCCCO3)c1OCCC)C(=O)c1cc(OCCC)c(OCCC)c(OCCOC3CCCCO3)c1C2=O.